The van der Waals surface area contributed by atoms with E-state index in [-0.39, 0.29) is 5.56 Å². The summed E-state index contributed by atoms with van der Waals surface area (Å²) in [5.74, 6) is 0.685. The first-order valence-electron chi connectivity index (χ1n) is 6.49. The molecule has 3 nitrogen and oxygen atoms in total. The number of aryl methyl sites for hydroxylation is 1. The molecule has 1 aromatic carbocycles. The maximum absolute atomic E-state index is 12.1. The number of hydrogen-bond donors (Lipinski definition) is 0. The van der Waals surface area contributed by atoms with E-state index in [9.17, 15) is 4.79 Å². The number of fused-ring (bicyclic) bond motifs is 1. The van der Waals surface area contributed by atoms with E-state index in [2.05, 4.69) is 52.1 Å². The Morgan fingerprint density at radius 2 is 1.95 bits per heavy atom. The Morgan fingerprint density at radius 3 is 2.71 bits per heavy atom. The first-order chi connectivity index (χ1) is 10.1. The monoisotopic (exact) mass is 360 g/mol. The molecule has 0 aliphatic heterocycles. The maximum atomic E-state index is 12.1. The number of rotatable bonds is 3. The van der Waals surface area contributed by atoms with Crippen LogP contribution in [0.15, 0.2) is 62.8 Å². The Kier molecular flexibility index (Phi) is 4.12. The van der Waals surface area contributed by atoms with Crippen LogP contribution in [0.1, 0.15) is 11.3 Å². The van der Waals surface area contributed by atoms with Crippen LogP contribution in [0.5, 0.6) is 0 Å². The number of thioether (sulfide) groups is 1. The standard InChI is InChI=1S/C16H13BrN2OS/c1-11-2-5-14(6-3-11)21-10-13-8-16(20)19-9-12(17)4-7-15(19)18-13/h2-9H,10H2,1H3. The second-order valence-electron chi connectivity index (χ2n) is 4.76. The molecule has 0 spiro atoms. The molecule has 0 bridgehead atoms. The van der Waals surface area contributed by atoms with Gasteiger partial charge >= 0.3 is 0 Å². The van der Waals surface area contributed by atoms with Crippen molar-refractivity contribution in [3.8, 4) is 0 Å². The van der Waals surface area contributed by atoms with Crippen molar-refractivity contribution in [2.45, 2.75) is 17.6 Å². The molecule has 21 heavy (non-hydrogen) atoms. The van der Waals surface area contributed by atoms with E-state index in [1.165, 1.54) is 10.5 Å². The molecule has 3 rings (SSSR count). The van der Waals surface area contributed by atoms with Gasteiger partial charge < -0.3 is 0 Å². The fourth-order valence-electron chi connectivity index (χ4n) is 1.99. The number of halogens is 1. The van der Waals surface area contributed by atoms with E-state index in [0.717, 1.165) is 10.2 Å². The normalized spacial score (nSPS) is 11.0. The topological polar surface area (TPSA) is 34.4 Å². The molecule has 0 N–H and O–H groups in total. The second kappa shape index (κ2) is 6.03. The predicted molar refractivity (Wildman–Crippen MR) is 89.9 cm³/mol. The van der Waals surface area contributed by atoms with Crippen LogP contribution in [0.3, 0.4) is 0 Å². The van der Waals surface area contributed by atoms with E-state index in [1.54, 1.807) is 28.4 Å². The lowest BCUT2D eigenvalue weighted by Crippen LogP contribution is -2.15. The first kappa shape index (κ1) is 14.4. The molecule has 0 saturated heterocycles. The van der Waals surface area contributed by atoms with Crippen molar-refractivity contribution >= 4 is 33.3 Å². The highest BCUT2D eigenvalue weighted by molar-refractivity contribution is 9.10. The molecule has 0 aliphatic rings. The van der Waals surface area contributed by atoms with Gasteiger partial charge in [0.1, 0.15) is 5.65 Å². The van der Waals surface area contributed by atoms with Gasteiger partial charge in [-0.15, -0.1) is 11.8 Å². The molecule has 2 heterocycles. The second-order valence-corrected chi connectivity index (χ2v) is 6.73. The highest BCUT2D eigenvalue weighted by Gasteiger charge is 2.04. The maximum Gasteiger partial charge on any atom is 0.258 e. The fourth-order valence-corrected chi connectivity index (χ4v) is 3.12. The van der Waals surface area contributed by atoms with Gasteiger partial charge in [0.2, 0.25) is 0 Å². The largest absolute Gasteiger partial charge is 0.269 e. The molecular weight excluding hydrogens is 348 g/mol. The number of aromatic nitrogens is 2. The van der Waals surface area contributed by atoms with Crippen LogP contribution in [-0.4, -0.2) is 9.38 Å². The number of pyridine rings is 1. The number of benzene rings is 1. The van der Waals surface area contributed by atoms with Crippen molar-refractivity contribution in [3.05, 3.63) is 74.7 Å². The van der Waals surface area contributed by atoms with E-state index >= 15 is 0 Å². The Labute approximate surface area is 135 Å². The summed E-state index contributed by atoms with van der Waals surface area (Å²) in [5.41, 5.74) is 2.66. The van der Waals surface area contributed by atoms with E-state index < -0.39 is 0 Å². The van der Waals surface area contributed by atoms with Gasteiger partial charge in [-0.25, -0.2) is 4.98 Å². The molecule has 0 atom stereocenters. The van der Waals surface area contributed by atoms with E-state index in [0.29, 0.717) is 11.4 Å². The average Bonchev–Trinajstić information content (AvgIpc) is 2.47. The van der Waals surface area contributed by atoms with Crippen LogP contribution in [0.25, 0.3) is 5.65 Å². The molecule has 0 saturated carbocycles. The average molecular weight is 361 g/mol. The first-order valence-corrected chi connectivity index (χ1v) is 8.27. The smallest absolute Gasteiger partial charge is 0.258 e. The summed E-state index contributed by atoms with van der Waals surface area (Å²) in [6, 6.07) is 13.7. The summed E-state index contributed by atoms with van der Waals surface area (Å²) in [6.45, 7) is 2.07. The minimum atomic E-state index is -0.0548. The Balaban J connectivity index is 1.86. The third-order valence-electron chi connectivity index (χ3n) is 3.08. The molecule has 0 unspecified atom stereocenters. The number of hydrogen-bond acceptors (Lipinski definition) is 3. The highest BCUT2D eigenvalue weighted by Crippen LogP contribution is 2.22. The van der Waals surface area contributed by atoms with Crippen LogP contribution in [0.2, 0.25) is 0 Å². The van der Waals surface area contributed by atoms with Gasteiger partial charge in [-0.05, 0) is 47.1 Å². The van der Waals surface area contributed by atoms with Crippen molar-refractivity contribution in [1.82, 2.24) is 9.38 Å². The zero-order valence-electron chi connectivity index (χ0n) is 11.4. The van der Waals surface area contributed by atoms with Crippen molar-refractivity contribution in [2.75, 3.05) is 0 Å². The zero-order chi connectivity index (χ0) is 14.8. The van der Waals surface area contributed by atoms with Crippen LogP contribution < -0.4 is 5.56 Å². The third-order valence-corrected chi connectivity index (χ3v) is 4.60. The highest BCUT2D eigenvalue weighted by atomic mass is 79.9. The van der Waals surface area contributed by atoms with E-state index in [1.807, 2.05) is 12.1 Å². The van der Waals surface area contributed by atoms with Gasteiger partial charge in [0.15, 0.2) is 0 Å². The summed E-state index contributed by atoms with van der Waals surface area (Å²) in [7, 11) is 0. The van der Waals surface area contributed by atoms with Crippen LogP contribution in [0, 0.1) is 6.92 Å². The van der Waals surface area contributed by atoms with Crippen molar-refractivity contribution in [1.29, 1.82) is 0 Å². The molecule has 0 fully saturated rings. The summed E-state index contributed by atoms with van der Waals surface area (Å²) in [6.07, 6.45) is 1.74. The molecule has 106 valence electrons. The zero-order valence-corrected chi connectivity index (χ0v) is 13.8. The molecular formula is C16H13BrN2OS. The quantitative estimate of drug-likeness (QED) is 0.660. The predicted octanol–water partition coefficient (Wildman–Crippen LogP) is 4.06. The van der Waals surface area contributed by atoms with Crippen LogP contribution >= 0.6 is 27.7 Å². The Bertz CT molecular complexity index is 843. The summed E-state index contributed by atoms with van der Waals surface area (Å²) >= 11 is 5.04. The molecule has 0 aliphatic carbocycles. The summed E-state index contributed by atoms with van der Waals surface area (Å²) < 4.78 is 2.41. The van der Waals surface area contributed by atoms with Crippen molar-refractivity contribution < 1.29 is 0 Å². The summed E-state index contributed by atoms with van der Waals surface area (Å²) in [4.78, 5) is 17.8. The van der Waals surface area contributed by atoms with Gasteiger partial charge in [0.25, 0.3) is 5.56 Å². The summed E-state index contributed by atoms with van der Waals surface area (Å²) in [5, 5.41) is 0. The Morgan fingerprint density at radius 1 is 1.19 bits per heavy atom. The van der Waals surface area contributed by atoms with E-state index in [4.69, 9.17) is 0 Å². The molecule has 0 radical (unpaired) electrons. The van der Waals surface area contributed by atoms with Gasteiger partial charge in [0.05, 0.1) is 5.69 Å². The molecule has 3 aromatic rings. The SMILES string of the molecule is Cc1ccc(SCc2cc(=O)n3cc(Br)ccc3n2)cc1. The number of nitrogens with zero attached hydrogens (tertiary/aromatic N) is 2. The third kappa shape index (κ3) is 3.36. The van der Waals surface area contributed by atoms with Gasteiger partial charge in [-0.2, -0.15) is 0 Å². The lowest BCUT2D eigenvalue weighted by atomic mass is 10.2. The fraction of sp³-hybridized carbons (Fsp3) is 0.125. The minimum absolute atomic E-state index is 0.0548. The van der Waals surface area contributed by atoms with Crippen molar-refractivity contribution in [2.24, 2.45) is 0 Å². The minimum Gasteiger partial charge on any atom is -0.269 e. The van der Waals surface area contributed by atoms with Crippen LogP contribution in [-0.2, 0) is 5.75 Å². The molecule has 0 amide bonds. The molecule has 2 aromatic heterocycles. The lowest BCUT2D eigenvalue weighted by Gasteiger charge is -2.05. The van der Waals surface area contributed by atoms with Gasteiger partial charge in [-0.1, -0.05) is 17.7 Å². The van der Waals surface area contributed by atoms with Gasteiger partial charge in [-0.3, -0.25) is 9.20 Å². The lowest BCUT2D eigenvalue weighted by molar-refractivity contribution is 1.01. The van der Waals surface area contributed by atoms with Gasteiger partial charge in [0, 0.05) is 27.4 Å². The molecule has 5 heteroatoms. The Hall–Kier alpha value is -1.59. The van der Waals surface area contributed by atoms with Crippen LogP contribution in [0.4, 0.5) is 0 Å². The van der Waals surface area contributed by atoms with Crippen molar-refractivity contribution in [3.63, 3.8) is 0 Å².